The Hall–Kier alpha value is -1.65. The van der Waals surface area contributed by atoms with E-state index in [-0.39, 0.29) is 0 Å². The molecule has 0 saturated heterocycles. The Bertz CT molecular complexity index is 586. The second-order valence-electron chi connectivity index (χ2n) is 4.32. The number of benzene rings is 1. The first-order valence-corrected chi connectivity index (χ1v) is 6.43. The second-order valence-corrected chi connectivity index (χ2v) is 4.68. The normalized spacial score (nSPS) is 10.6. The van der Waals surface area contributed by atoms with Crippen LogP contribution in [0.4, 0.5) is 5.82 Å². The van der Waals surface area contributed by atoms with Crippen molar-refractivity contribution >= 4 is 28.2 Å². The van der Waals surface area contributed by atoms with E-state index in [2.05, 4.69) is 22.1 Å². The van der Waals surface area contributed by atoms with Crippen molar-refractivity contribution in [3.63, 3.8) is 0 Å². The highest BCUT2D eigenvalue weighted by atomic mass is 35.5. The summed E-state index contributed by atoms with van der Waals surface area (Å²) in [7, 11) is 0. The topological polar surface area (TPSA) is 47.0 Å². The van der Waals surface area contributed by atoms with Gasteiger partial charge >= 0.3 is 0 Å². The van der Waals surface area contributed by atoms with Crippen molar-refractivity contribution in [1.82, 2.24) is 10.2 Å². The maximum atomic E-state index is 6.01. The van der Waals surface area contributed by atoms with Crippen LogP contribution in [0.15, 0.2) is 36.4 Å². The summed E-state index contributed by atoms with van der Waals surface area (Å²) >= 11 is 6.01. The van der Waals surface area contributed by atoms with Crippen LogP contribution in [0.25, 0.3) is 10.8 Å². The van der Waals surface area contributed by atoms with Gasteiger partial charge in [0, 0.05) is 17.3 Å². The Morgan fingerprint density at radius 2 is 2.05 bits per heavy atom. The van der Waals surface area contributed by atoms with Crippen LogP contribution in [0.5, 0.6) is 0 Å². The maximum Gasteiger partial charge on any atom is 0.159 e. The lowest BCUT2D eigenvalue weighted by Gasteiger charge is -2.09. The molecule has 1 heterocycles. The van der Waals surface area contributed by atoms with Gasteiger partial charge < -0.3 is 10.1 Å². The molecular weight excluding hydrogens is 262 g/mol. The van der Waals surface area contributed by atoms with E-state index in [0.717, 1.165) is 22.2 Å². The predicted molar refractivity (Wildman–Crippen MR) is 78.7 cm³/mol. The molecule has 1 aromatic heterocycles. The second kappa shape index (κ2) is 6.50. The van der Waals surface area contributed by atoms with Gasteiger partial charge in [-0.05, 0) is 6.92 Å². The van der Waals surface area contributed by atoms with Crippen LogP contribution in [0.2, 0.25) is 5.15 Å². The molecule has 0 unspecified atom stereocenters. The van der Waals surface area contributed by atoms with Gasteiger partial charge in [-0.15, -0.1) is 10.2 Å². The lowest BCUT2D eigenvalue weighted by Crippen LogP contribution is -2.12. The number of hydrogen-bond donors (Lipinski definition) is 1. The highest BCUT2D eigenvalue weighted by molar-refractivity contribution is 6.34. The smallest absolute Gasteiger partial charge is 0.159 e. The SMILES string of the molecule is C=C(C)COCCNc1nnc(Cl)c2ccccc12. The van der Waals surface area contributed by atoms with Gasteiger partial charge in [-0.25, -0.2) is 0 Å². The third kappa shape index (κ3) is 3.66. The average molecular weight is 278 g/mol. The fraction of sp³-hybridized carbons (Fsp3) is 0.286. The van der Waals surface area contributed by atoms with Gasteiger partial charge in [-0.3, -0.25) is 0 Å². The van der Waals surface area contributed by atoms with E-state index in [4.69, 9.17) is 16.3 Å². The molecule has 0 amide bonds. The van der Waals surface area contributed by atoms with E-state index in [1.807, 2.05) is 31.2 Å². The van der Waals surface area contributed by atoms with Gasteiger partial charge in [0.1, 0.15) is 0 Å². The summed E-state index contributed by atoms with van der Waals surface area (Å²) in [4.78, 5) is 0. The molecule has 0 radical (unpaired) electrons. The van der Waals surface area contributed by atoms with E-state index in [1.165, 1.54) is 0 Å². The van der Waals surface area contributed by atoms with Crippen molar-refractivity contribution in [2.75, 3.05) is 25.1 Å². The maximum absolute atomic E-state index is 6.01. The van der Waals surface area contributed by atoms with Gasteiger partial charge in [0.05, 0.1) is 13.2 Å². The molecular formula is C14H16ClN3O. The molecule has 4 nitrogen and oxygen atoms in total. The molecule has 5 heteroatoms. The molecule has 1 aromatic carbocycles. The summed E-state index contributed by atoms with van der Waals surface area (Å²) in [5.74, 6) is 0.721. The summed E-state index contributed by atoms with van der Waals surface area (Å²) in [5, 5.41) is 13.5. The van der Waals surface area contributed by atoms with Crippen molar-refractivity contribution in [1.29, 1.82) is 0 Å². The monoisotopic (exact) mass is 277 g/mol. The van der Waals surface area contributed by atoms with E-state index in [1.54, 1.807) is 0 Å². The molecule has 0 spiro atoms. The Kier molecular flexibility index (Phi) is 4.71. The molecule has 100 valence electrons. The summed E-state index contributed by atoms with van der Waals surface area (Å²) < 4.78 is 5.42. The van der Waals surface area contributed by atoms with Crippen molar-refractivity contribution in [2.24, 2.45) is 0 Å². The van der Waals surface area contributed by atoms with Crippen LogP contribution in [0.3, 0.4) is 0 Å². The third-order valence-electron chi connectivity index (χ3n) is 2.53. The van der Waals surface area contributed by atoms with Crippen LogP contribution in [-0.4, -0.2) is 30.0 Å². The first-order valence-electron chi connectivity index (χ1n) is 6.05. The van der Waals surface area contributed by atoms with E-state index in [9.17, 15) is 0 Å². The molecule has 0 bridgehead atoms. The number of rotatable bonds is 6. The van der Waals surface area contributed by atoms with Crippen molar-refractivity contribution in [3.05, 3.63) is 41.6 Å². The number of nitrogens with one attached hydrogen (secondary N) is 1. The first-order chi connectivity index (χ1) is 9.18. The number of halogens is 1. The van der Waals surface area contributed by atoms with Gasteiger partial charge in [-0.1, -0.05) is 48.0 Å². The number of aromatic nitrogens is 2. The zero-order valence-electron chi connectivity index (χ0n) is 10.8. The molecule has 2 aromatic rings. The number of hydrogen-bond acceptors (Lipinski definition) is 4. The summed E-state index contributed by atoms with van der Waals surface area (Å²) in [6.07, 6.45) is 0. The number of nitrogens with zero attached hydrogens (tertiary/aromatic N) is 2. The van der Waals surface area contributed by atoms with Crippen LogP contribution in [0, 0.1) is 0 Å². The zero-order chi connectivity index (χ0) is 13.7. The molecule has 19 heavy (non-hydrogen) atoms. The van der Waals surface area contributed by atoms with Crippen LogP contribution >= 0.6 is 11.6 Å². The molecule has 0 fully saturated rings. The number of ether oxygens (including phenoxy) is 1. The van der Waals surface area contributed by atoms with Crippen LogP contribution in [-0.2, 0) is 4.74 Å². The Labute approximate surface area is 117 Å². The van der Waals surface area contributed by atoms with Crippen LogP contribution in [0.1, 0.15) is 6.92 Å². The highest BCUT2D eigenvalue weighted by Crippen LogP contribution is 2.25. The number of anilines is 1. The van der Waals surface area contributed by atoms with Gasteiger partial charge in [-0.2, -0.15) is 0 Å². The Morgan fingerprint density at radius 1 is 1.32 bits per heavy atom. The minimum Gasteiger partial charge on any atom is -0.375 e. The lowest BCUT2D eigenvalue weighted by atomic mass is 10.2. The fourth-order valence-corrected chi connectivity index (χ4v) is 1.89. The molecule has 0 saturated carbocycles. The average Bonchev–Trinajstić information content (AvgIpc) is 2.41. The summed E-state index contributed by atoms with van der Waals surface area (Å²) in [5.41, 5.74) is 1.01. The standard InChI is InChI=1S/C14H16ClN3O/c1-10(2)9-19-8-7-16-14-12-6-4-3-5-11(12)13(15)17-18-14/h3-6H,1,7-9H2,2H3,(H,16,18). The largest absolute Gasteiger partial charge is 0.375 e. The van der Waals surface area contributed by atoms with Crippen LogP contribution < -0.4 is 5.32 Å². The van der Waals surface area contributed by atoms with Gasteiger partial charge in [0.25, 0.3) is 0 Å². The van der Waals surface area contributed by atoms with Gasteiger partial charge in [0.15, 0.2) is 11.0 Å². The van der Waals surface area contributed by atoms with Gasteiger partial charge in [0.2, 0.25) is 0 Å². The zero-order valence-corrected chi connectivity index (χ0v) is 11.6. The summed E-state index contributed by atoms with van der Waals surface area (Å²) in [6.45, 7) is 7.54. The molecule has 0 aliphatic heterocycles. The molecule has 0 aliphatic rings. The lowest BCUT2D eigenvalue weighted by molar-refractivity contribution is 0.167. The quantitative estimate of drug-likeness (QED) is 0.650. The fourth-order valence-electron chi connectivity index (χ4n) is 1.69. The minimum absolute atomic E-state index is 0.416. The van der Waals surface area contributed by atoms with E-state index < -0.39 is 0 Å². The van der Waals surface area contributed by atoms with E-state index in [0.29, 0.717) is 24.9 Å². The molecule has 1 N–H and O–H groups in total. The first kappa shape index (κ1) is 13.8. The van der Waals surface area contributed by atoms with E-state index >= 15 is 0 Å². The predicted octanol–water partition coefficient (Wildman–Crippen LogP) is 3.29. The minimum atomic E-state index is 0.416. The summed E-state index contributed by atoms with van der Waals surface area (Å²) in [6, 6.07) is 7.76. The highest BCUT2D eigenvalue weighted by Gasteiger charge is 2.06. The van der Waals surface area contributed by atoms with Crippen molar-refractivity contribution in [3.8, 4) is 0 Å². The molecule has 0 aliphatic carbocycles. The number of fused-ring (bicyclic) bond motifs is 1. The molecule has 2 rings (SSSR count). The Balaban J connectivity index is 2.01. The molecule has 0 atom stereocenters. The third-order valence-corrected chi connectivity index (χ3v) is 2.81. The van der Waals surface area contributed by atoms with Crippen molar-refractivity contribution < 1.29 is 4.74 Å². The van der Waals surface area contributed by atoms with Crippen molar-refractivity contribution in [2.45, 2.75) is 6.92 Å². The Morgan fingerprint density at radius 3 is 2.79 bits per heavy atom.